The number of benzene rings is 2. The Morgan fingerprint density at radius 1 is 1.11 bits per heavy atom. The van der Waals surface area contributed by atoms with Crippen molar-refractivity contribution >= 4 is 34.9 Å². The van der Waals surface area contributed by atoms with Gasteiger partial charge in [-0.1, -0.05) is 11.6 Å². The van der Waals surface area contributed by atoms with Crippen LogP contribution >= 0.6 is 11.6 Å². The lowest BCUT2D eigenvalue weighted by Crippen LogP contribution is -2.30. The van der Waals surface area contributed by atoms with Crippen molar-refractivity contribution in [2.75, 3.05) is 12.1 Å². The first kappa shape index (κ1) is 18.7. The van der Waals surface area contributed by atoms with Gasteiger partial charge in [-0.05, 0) is 50.2 Å². The van der Waals surface area contributed by atoms with E-state index in [0.717, 1.165) is 0 Å². The number of amides is 1. The lowest BCUT2D eigenvalue weighted by atomic mass is 10.1. The Hall–Kier alpha value is -3.06. The minimum atomic E-state index is -1.05. The molecule has 0 aliphatic carbocycles. The third-order valence-corrected chi connectivity index (χ3v) is 4.16. The van der Waals surface area contributed by atoms with E-state index in [1.54, 1.807) is 24.3 Å². The second-order valence-electron chi connectivity index (χ2n) is 5.86. The van der Waals surface area contributed by atoms with E-state index in [4.69, 9.17) is 25.8 Å². The maximum atomic E-state index is 12.3. The van der Waals surface area contributed by atoms with E-state index < -0.39 is 18.0 Å². The summed E-state index contributed by atoms with van der Waals surface area (Å²) in [5.74, 6) is -0.585. The van der Waals surface area contributed by atoms with Crippen LogP contribution in [0, 0.1) is 0 Å². The highest BCUT2D eigenvalue weighted by Gasteiger charge is 2.24. The standard InChI is InChI=1S/C19H16ClNO6/c1-10(22)12-3-5-14(6-4-12)21-18(23)11(2)27-19(24)13-7-15(20)17-16(8-13)25-9-26-17/h3-8,11H,9H2,1-2H3,(H,21,23). The predicted molar refractivity (Wildman–Crippen MR) is 97.5 cm³/mol. The zero-order chi connectivity index (χ0) is 19.6. The molecule has 1 atom stereocenters. The Labute approximate surface area is 160 Å². The van der Waals surface area contributed by atoms with Gasteiger partial charge >= 0.3 is 5.97 Å². The van der Waals surface area contributed by atoms with Crippen LogP contribution in [0.4, 0.5) is 5.69 Å². The van der Waals surface area contributed by atoms with Crippen molar-refractivity contribution in [2.45, 2.75) is 20.0 Å². The summed E-state index contributed by atoms with van der Waals surface area (Å²) in [6, 6.07) is 9.23. The van der Waals surface area contributed by atoms with Crippen molar-refractivity contribution in [1.29, 1.82) is 0 Å². The van der Waals surface area contributed by atoms with Gasteiger partial charge in [0.1, 0.15) is 0 Å². The van der Waals surface area contributed by atoms with E-state index in [-0.39, 0.29) is 23.2 Å². The van der Waals surface area contributed by atoms with Crippen LogP contribution in [0.1, 0.15) is 34.6 Å². The molecule has 0 saturated heterocycles. The summed E-state index contributed by atoms with van der Waals surface area (Å²) < 4.78 is 15.6. The SMILES string of the molecule is CC(=O)c1ccc(NC(=O)C(C)OC(=O)c2cc(Cl)c3c(c2)OCO3)cc1. The number of hydrogen-bond donors (Lipinski definition) is 1. The third-order valence-electron chi connectivity index (χ3n) is 3.87. The highest BCUT2D eigenvalue weighted by molar-refractivity contribution is 6.32. The summed E-state index contributed by atoms with van der Waals surface area (Å²) in [4.78, 5) is 35.8. The van der Waals surface area contributed by atoms with Crippen molar-refractivity contribution in [1.82, 2.24) is 0 Å². The molecule has 0 fully saturated rings. The smallest absolute Gasteiger partial charge is 0.339 e. The molecular weight excluding hydrogens is 374 g/mol. The van der Waals surface area contributed by atoms with Crippen molar-refractivity contribution in [3.63, 3.8) is 0 Å². The molecule has 0 saturated carbocycles. The first-order chi connectivity index (χ1) is 12.8. The van der Waals surface area contributed by atoms with Gasteiger partial charge in [0, 0.05) is 11.3 Å². The Morgan fingerprint density at radius 3 is 2.48 bits per heavy atom. The monoisotopic (exact) mass is 389 g/mol. The van der Waals surface area contributed by atoms with Crippen LogP contribution in [0.3, 0.4) is 0 Å². The molecule has 140 valence electrons. The van der Waals surface area contributed by atoms with E-state index in [9.17, 15) is 14.4 Å². The zero-order valence-corrected chi connectivity index (χ0v) is 15.3. The minimum Gasteiger partial charge on any atom is -0.454 e. The van der Waals surface area contributed by atoms with Gasteiger partial charge in [0.2, 0.25) is 6.79 Å². The number of hydrogen-bond acceptors (Lipinski definition) is 6. The van der Waals surface area contributed by atoms with Gasteiger partial charge in [-0.2, -0.15) is 0 Å². The molecule has 2 aromatic rings. The number of rotatable bonds is 5. The van der Waals surface area contributed by atoms with Crippen LogP contribution in [-0.2, 0) is 9.53 Å². The number of ketones is 1. The molecule has 0 spiro atoms. The molecular formula is C19H16ClNO6. The first-order valence-corrected chi connectivity index (χ1v) is 8.45. The van der Waals surface area contributed by atoms with Crippen molar-refractivity contribution in [3.05, 3.63) is 52.5 Å². The number of nitrogens with one attached hydrogen (secondary N) is 1. The Balaban J connectivity index is 1.63. The molecule has 1 unspecified atom stereocenters. The molecule has 2 aromatic carbocycles. The van der Waals surface area contributed by atoms with Crippen LogP contribution in [0.15, 0.2) is 36.4 Å². The molecule has 1 aliphatic heterocycles. The molecule has 8 heteroatoms. The molecule has 1 N–H and O–H groups in total. The first-order valence-electron chi connectivity index (χ1n) is 8.07. The third kappa shape index (κ3) is 4.20. The summed E-state index contributed by atoms with van der Waals surface area (Å²) >= 11 is 6.04. The normalized spacial score (nSPS) is 13.0. The maximum absolute atomic E-state index is 12.3. The maximum Gasteiger partial charge on any atom is 0.339 e. The summed E-state index contributed by atoms with van der Waals surface area (Å²) in [5.41, 5.74) is 1.17. The molecule has 0 radical (unpaired) electrons. The number of anilines is 1. The van der Waals surface area contributed by atoms with Gasteiger partial charge < -0.3 is 19.5 Å². The molecule has 7 nitrogen and oxygen atoms in total. The second kappa shape index (κ2) is 7.67. The quantitative estimate of drug-likeness (QED) is 0.622. The van der Waals surface area contributed by atoms with E-state index in [0.29, 0.717) is 22.7 Å². The highest BCUT2D eigenvalue weighted by Crippen LogP contribution is 2.39. The number of halogens is 1. The summed E-state index contributed by atoms with van der Waals surface area (Å²) in [5, 5.41) is 2.84. The van der Waals surface area contributed by atoms with Crippen molar-refractivity contribution in [2.24, 2.45) is 0 Å². The molecule has 27 heavy (non-hydrogen) atoms. The fourth-order valence-electron chi connectivity index (χ4n) is 2.40. The second-order valence-corrected chi connectivity index (χ2v) is 6.27. The fourth-order valence-corrected chi connectivity index (χ4v) is 2.66. The molecule has 1 aliphatic rings. The number of carbonyl (C=O) groups is 3. The Bertz CT molecular complexity index is 909. The van der Waals surface area contributed by atoms with E-state index in [2.05, 4.69) is 5.32 Å². The Morgan fingerprint density at radius 2 is 1.81 bits per heavy atom. The van der Waals surface area contributed by atoms with Gasteiger partial charge in [0.05, 0.1) is 10.6 Å². The van der Waals surface area contributed by atoms with Crippen molar-refractivity contribution in [3.8, 4) is 11.5 Å². The summed E-state index contributed by atoms with van der Waals surface area (Å²) in [7, 11) is 0. The average Bonchev–Trinajstić information content (AvgIpc) is 3.11. The molecule has 0 bridgehead atoms. The van der Waals surface area contributed by atoms with E-state index >= 15 is 0 Å². The van der Waals surface area contributed by atoms with E-state index in [1.165, 1.54) is 26.0 Å². The number of carbonyl (C=O) groups excluding carboxylic acids is 3. The zero-order valence-electron chi connectivity index (χ0n) is 14.6. The number of esters is 1. The predicted octanol–water partition coefficient (Wildman–Crippen LogP) is 3.46. The number of ether oxygens (including phenoxy) is 3. The van der Waals surface area contributed by atoms with Gasteiger partial charge in [-0.15, -0.1) is 0 Å². The lowest BCUT2D eigenvalue weighted by Gasteiger charge is -2.14. The lowest BCUT2D eigenvalue weighted by molar-refractivity contribution is -0.123. The van der Waals surface area contributed by atoms with Crippen LogP contribution in [0.5, 0.6) is 11.5 Å². The average molecular weight is 390 g/mol. The van der Waals surface area contributed by atoms with Gasteiger partial charge in [-0.25, -0.2) is 4.79 Å². The topological polar surface area (TPSA) is 90.9 Å². The molecule has 1 amide bonds. The summed E-state index contributed by atoms with van der Waals surface area (Å²) in [6.07, 6.45) is -1.05. The molecule has 0 aromatic heterocycles. The van der Waals surface area contributed by atoms with Crippen molar-refractivity contribution < 1.29 is 28.6 Å². The molecule has 1 heterocycles. The van der Waals surface area contributed by atoms with E-state index in [1.807, 2.05) is 0 Å². The number of fused-ring (bicyclic) bond motifs is 1. The number of Topliss-reactive ketones (excluding diaryl/α,β-unsaturated/α-hetero) is 1. The largest absolute Gasteiger partial charge is 0.454 e. The summed E-state index contributed by atoms with van der Waals surface area (Å²) in [6.45, 7) is 2.93. The van der Waals surface area contributed by atoms with Crippen LogP contribution in [-0.4, -0.2) is 30.6 Å². The van der Waals surface area contributed by atoms with Gasteiger partial charge in [0.25, 0.3) is 5.91 Å². The van der Waals surface area contributed by atoms with Crippen LogP contribution in [0.25, 0.3) is 0 Å². The van der Waals surface area contributed by atoms with Crippen LogP contribution in [0.2, 0.25) is 5.02 Å². The minimum absolute atomic E-state index is 0.0226. The highest BCUT2D eigenvalue weighted by atomic mass is 35.5. The van der Waals surface area contributed by atoms with Gasteiger partial charge in [-0.3, -0.25) is 9.59 Å². The fraction of sp³-hybridized carbons (Fsp3) is 0.211. The van der Waals surface area contributed by atoms with Crippen LogP contribution < -0.4 is 14.8 Å². The van der Waals surface area contributed by atoms with Gasteiger partial charge in [0.15, 0.2) is 23.4 Å². The Kier molecular flexibility index (Phi) is 5.32. The molecule has 3 rings (SSSR count).